The number of carboxylic acids is 1. The van der Waals surface area contributed by atoms with E-state index < -0.39 is 5.97 Å². The van der Waals surface area contributed by atoms with Crippen molar-refractivity contribution in [2.45, 2.75) is 44.4 Å². The first kappa shape index (κ1) is 20.0. The predicted octanol–water partition coefficient (Wildman–Crippen LogP) is 2.20. The van der Waals surface area contributed by atoms with Crippen LogP contribution in [0.2, 0.25) is 0 Å². The number of nitrogen functional groups attached to an aromatic ring is 1. The van der Waals surface area contributed by atoms with Gasteiger partial charge in [-0.15, -0.1) is 24.8 Å². The largest absolute Gasteiger partial charge is 0.478 e. The van der Waals surface area contributed by atoms with Gasteiger partial charge in [0.05, 0.1) is 11.7 Å². The molecule has 21 heavy (non-hydrogen) atoms. The molecular weight excluding hydrogens is 315 g/mol. The summed E-state index contributed by atoms with van der Waals surface area (Å²) in [7, 11) is 0. The SMILES string of the molecule is Cl.Cl.Nc1ccc(C(=O)O)cc1CN[C@@H]1CCC[C@H](O)C1. The van der Waals surface area contributed by atoms with E-state index in [1.807, 2.05) is 0 Å². The van der Waals surface area contributed by atoms with E-state index in [4.69, 9.17) is 10.8 Å². The molecule has 0 aromatic heterocycles. The Morgan fingerprint density at radius 1 is 1.33 bits per heavy atom. The highest BCUT2D eigenvalue weighted by molar-refractivity contribution is 5.88. The van der Waals surface area contributed by atoms with E-state index >= 15 is 0 Å². The maximum atomic E-state index is 10.9. The molecule has 0 bridgehead atoms. The minimum atomic E-state index is -0.950. The standard InChI is InChI=1S/C14H20N2O3.2ClH/c15-13-5-4-9(14(18)19)6-10(13)8-16-11-2-1-3-12(17)7-11;;/h4-6,11-12,16-17H,1-3,7-8,15H2,(H,18,19);2*1H/t11-,12+;;/m1../s1. The van der Waals surface area contributed by atoms with Crippen LogP contribution in [-0.4, -0.2) is 28.3 Å². The maximum Gasteiger partial charge on any atom is 0.335 e. The lowest BCUT2D eigenvalue weighted by atomic mass is 9.93. The first-order valence-electron chi connectivity index (χ1n) is 6.59. The molecular formula is C14H22Cl2N2O3. The highest BCUT2D eigenvalue weighted by atomic mass is 35.5. The Morgan fingerprint density at radius 2 is 2.05 bits per heavy atom. The first-order valence-corrected chi connectivity index (χ1v) is 6.59. The van der Waals surface area contributed by atoms with Gasteiger partial charge < -0.3 is 21.3 Å². The van der Waals surface area contributed by atoms with Crippen LogP contribution >= 0.6 is 24.8 Å². The lowest BCUT2D eigenvalue weighted by molar-refractivity contribution is 0.0697. The van der Waals surface area contributed by atoms with Gasteiger partial charge in [-0.2, -0.15) is 0 Å². The monoisotopic (exact) mass is 336 g/mol. The molecule has 0 unspecified atom stereocenters. The number of halogens is 2. The maximum absolute atomic E-state index is 10.9. The molecule has 1 fully saturated rings. The molecule has 0 saturated heterocycles. The second-order valence-electron chi connectivity index (χ2n) is 5.12. The third-order valence-corrected chi connectivity index (χ3v) is 3.62. The topological polar surface area (TPSA) is 95.6 Å². The van der Waals surface area contributed by atoms with Crippen LogP contribution in [-0.2, 0) is 6.54 Å². The molecule has 1 aliphatic rings. The van der Waals surface area contributed by atoms with Crippen LogP contribution in [0.5, 0.6) is 0 Å². The molecule has 0 radical (unpaired) electrons. The van der Waals surface area contributed by atoms with Gasteiger partial charge in [0.25, 0.3) is 0 Å². The Labute approximate surface area is 136 Å². The molecule has 0 spiro atoms. The lowest BCUT2D eigenvalue weighted by Crippen LogP contribution is -2.35. The Hall–Kier alpha value is -1.01. The van der Waals surface area contributed by atoms with Crippen molar-refractivity contribution in [1.29, 1.82) is 0 Å². The fourth-order valence-electron chi connectivity index (χ4n) is 2.50. The molecule has 1 aliphatic carbocycles. The van der Waals surface area contributed by atoms with Crippen LogP contribution in [0.15, 0.2) is 18.2 Å². The third kappa shape index (κ3) is 5.71. The van der Waals surface area contributed by atoms with Crippen molar-refractivity contribution < 1.29 is 15.0 Å². The van der Waals surface area contributed by atoms with E-state index in [9.17, 15) is 9.90 Å². The van der Waals surface area contributed by atoms with Crippen molar-refractivity contribution in [2.75, 3.05) is 5.73 Å². The number of benzene rings is 1. The van der Waals surface area contributed by atoms with E-state index in [1.54, 1.807) is 12.1 Å². The van der Waals surface area contributed by atoms with E-state index in [0.717, 1.165) is 31.2 Å². The van der Waals surface area contributed by atoms with Crippen LogP contribution < -0.4 is 11.1 Å². The zero-order valence-corrected chi connectivity index (χ0v) is 13.3. The van der Waals surface area contributed by atoms with Gasteiger partial charge in [-0.3, -0.25) is 0 Å². The molecule has 2 rings (SSSR count). The smallest absolute Gasteiger partial charge is 0.335 e. The number of carbonyl (C=O) groups is 1. The van der Waals surface area contributed by atoms with Gasteiger partial charge in [0, 0.05) is 18.3 Å². The molecule has 0 aliphatic heterocycles. The van der Waals surface area contributed by atoms with E-state index in [0.29, 0.717) is 12.2 Å². The summed E-state index contributed by atoms with van der Waals surface area (Å²) in [6.45, 7) is 0.532. The van der Waals surface area contributed by atoms with Gasteiger partial charge in [0.1, 0.15) is 0 Å². The molecule has 1 saturated carbocycles. The number of rotatable bonds is 4. The number of hydrogen-bond acceptors (Lipinski definition) is 4. The van der Waals surface area contributed by atoms with E-state index in [1.165, 1.54) is 6.07 Å². The summed E-state index contributed by atoms with van der Waals surface area (Å²) in [4.78, 5) is 10.9. The van der Waals surface area contributed by atoms with Crippen LogP contribution in [0.25, 0.3) is 0 Å². The number of aromatic carboxylic acids is 1. The van der Waals surface area contributed by atoms with Gasteiger partial charge in [-0.25, -0.2) is 4.79 Å². The zero-order valence-electron chi connectivity index (χ0n) is 11.6. The number of nitrogens with two attached hydrogens (primary N) is 1. The molecule has 5 N–H and O–H groups in total. The van der Waals surface area contributed by atoms with Crippen LogP contribution in [0.4, 0.5) is 5.69 Å². The second kappa shape index (κ2) is 9.10. The Kier molecular flexibility index (Phi) is 8.66. The molecule has 120 valence electrons. The molecule has 0 heterocycles. The van der Waals surface area contributed by atoms with Crippen LogP contribution in [0.3, 0.4) is 0 Å². The fourth-order valence-corrected chi connectivity index (χ4v) is 2.50. The number of anilines is 1. The molecule has 7 heteroatoms. The van der Waals surface area contributed by atoms with Gasteiger partial charge in [0.2, 0.25) is 0 Å². The summed E-state index contributed by atoms with van der Waals surface area (Å²) >= 11 is 0. The van der Waals surface area contributed by atoms with E-state index in [-0.39, 0.29) is 42.5 Å². The first-order chi connectivity index (χ1) is 9.06. The number of nitrogens with one attached hydrogen (secondary N) is 1. The summed E-state index contributed by atoms with van der Waals surface area (Å²) < 4.78 is 0. The number of hydrogen-bond donors (Lipinski definition) is 4. The number of aliphatic hydroxyl groups excluding tert-OH is 1. The lowest BCUT2D eigenvalue weighted by Gasteiger charge is -2.27. The third-order valence-electron chi connectivity index (χ3n) is 3.62. The van der Waals surface area contributed by atoms with Crippen molar-refractivity contribution in [3.05, 3.63) is 29.3 Å². The van der Waals surface area contributed by atoms with Crippen LogP contribution in [0.1, 0.15) is 41.6 Å². The number of aliphatic hydroxyl groups is 1. The molecule has 0 amide bonds. The zero-order chi connectivity index (χ0) is 13.8. The van der Waals surface area contributed by atoms with Gasteiger partial charge in [0.15, 0.2) is 0 Å². The summed E-state index contributed by atoms with van der Waals surface area (Å²) in [5.74, 6) is -0.950. The average Bonchev–Trinajstić information content (AvgIpc) is 2.37. The second-order valence-corrected chi connectivity index (χ2v) is 5.12. The van der Waals surface area contributed by atoms with Gasteiger partial charge >= 0.3 is 5.97 Å². The summed E-state index contributed by atoms with van der Waals surface area (Å²) in [6, 6.07) is 5.00. The predicted molar refractivity (Wildman–Crippen MR) is 87.4 cm³/mol. The van der Waals surface area contributed by atoms with Crippen molar-refractivity contribution >= 4 is 36.5 Å². The summed E-state index contributed by atoms with van der Waals surface area (Å²) in [5, 5.41) is 21.9. The molecule has 1 aromatic carbocycles. The summed E-state index contributed by atoms with van der Waals surface area (Å²) in [6.07, 6.45) is 3.45. The number of carboxylic acid groups (broad SMARTS) is 1. The molecule has 5 nitrogen and oxygen atoms in total. The van der Waals surface area contributed by atoms with Crippen molar-refractivity contribution in [1.82, 2.24) is 5.32 Å². The highest BCUT2D eigenvalue weighted by Gasteiger charge is 2.19. The van der Waals surface area contributed by atoms with Crippen molar-refractivity contribution in [2.24, 2.45) is 0 Å². The quantitative estimate of drug-likeness (QED) is 0.632. The van der Waals surface area contributed by atoms with Crippen molar-refractivity contribution in [3.63, 3.8) is 0 Å². The average molecular weight is 337 g/mol. The highest BCUT2D eigenvalue weighted by Crippen LogP contribution is 2.20. The Balaban J connectivity index is 0.00000200. The minimum Gasteiger partial charge on any atom is -0.478 e. The Morgan fingerprint density at radius 3 is 2.67 bits per heavy atom. The van der Waals surface area contributed by atoms with Gasteiger partial charge in [-0.05, 0) is 49.4 Å². The Bertz CT molecular complexity index is 472. The van der Waals surface area contributed by atoms with Gasteiger partial charge in [-0.1, -0.05) is 0 Å². The fraction of sp³-hybridized carbons (Fsp3) is 0.500. The minimum absolute atomic E-state index is 0. The summed E-state index contributed by atoms with van der Waals surface area (Å²) in [5.41, 5.74) is 7.48. The van der Waals surface area contributed by atoms with Crippen molar-refractivity contribution in [3.8, 4) is 0 Å². The molecule has 2 atom stereocenters. The van der Waals surface area contributed by atoms with Crippen LogP contribution in [0, 0.1) is 0 Å². The van der Waals surface area contributed by atoms with E-state index in [2.05, 4.69) is 5.32 Å². The molecule has 1 aromatic rings. The normalized spacial score (nSPS) is 21.0.